The summed E-state index contributed by atoms with van der Waals surface area (Å²) in [5.41, 5.74) is 1.12. The number of hydrogen-bond donors (Lipinski definition) is 1. The Bertz CT molecular complexity index is 336. The van der Waals surface area contributed by atoms with Crippen LogP contribution in [0.5, 0.6) is 0 Å². The quantitative estimate of drug-likeness (QED) is 0.468. The van der Waals surface area contributed by atoms with Gasteiger partial charge in [0.15, 0.2) is 0 Å². The third-order valence-corrected chi connectivity index (χ3v) is 2.57. The molecular weight excluding hydrogens is 220 g/mol. The lowest BCUT2D eigenvalue weighted by Crippen LogP contribution is -2.06. The molecule has 0 fully saturated rings. The fourth-order valence-corrected chi connectivity index (χ4v) is 1.61. The van der Waals surface area contributed by atoms with Crippen LogP contribution in [0.15, 0.2) is 29.2 Å². The van der Waals surface area contributed by atoms with Crippen LogP contribution in [-0.2, 0) is 16.0 Å². The van der Waals surface area contributed by atoms with Crippen molar-refractivity contribution >= 4 is 18.6 Å². The van der Waals surface area contributed by atoms with Crippen LogP contribution in [0.2, 0.25) is 0 Å². The molecule has 0 heterocycles. The molecule has 1 rings (SSSR count). The van der Waals surface area contributed by atoms with Crippen molar-refractivity contribution < 1.29 is 9.53 Å². The zero-order valence-electron chi connectivity index (χ0n) is 9.61. The predicted molar refractivity (Wildman–Crippen MR) is 67.9 cm³/mol. The van der Waals surface area contributed by atoms with E-state index in [4.69, 9.17) is 4.74 Å². The lowest BCUT2D eigenvalue weighted by atomic mass is 10.1. The molecule has 0 aliphatic heterocycles. The Morgan fingerprint density at radius 2 is 2.25 bits per heavy atom. The minimum atomic E-state index is -0.113. The maximum atomic E-state index is 11.3. The van der Waals surface area contributed by atoms with Crippen LogP contribution in [0.3, 0.4) is 0 Å². The number of thiol groups is 1. The Labute approximate surface area is 102 Å². The average molecular weight is 238 g/mol. The molecule has 0 amide bonds. The van der Waals surface area contributed by atoms with Gasteiger partial charge in [-0.1, -0.05) is 25.5 Å². The first-order valence-corrected chi connectivity index (χ1v) is 6.10. The van der Waals surface area contributed by atoms with Crippen LogP contribution in [0, 0.1) is 0 Å². The van der Waals surface area contributed by atoms with Crippen molar-refractivity contribution in [3.63, 3.8) is 0 Å². The summed E-state index contributed by atoms with van der Waals surface area (Å²) in [6, 6.07) is 7.84. The topological polar surface area (TPSA) is 26.3 Å². The third kappa shape index (κ3) is 5.21. The fourth-order valence-electron chi connectivity index (χ4n) is 1.36. The van der Waals surface area contributed by atoms with Gasteiger partial charge in [0.25, 0.3) is 0 Å². The molecule has 2 nitrogen and oxygen atoms in total. The molecule has 0 atom stereocenters. The summed E-state index contributed by atoms with van der Waals surface area (Å²) in [5, 5.41) is 0. The second kappa shape index (κ2) is 7.34. The number of esters is 1. The predicted octanol–water partition coefficient (Wildman–Crippen LogP) is 3.25. The number of carbonyl (C=O) groups excluding carboxylic acids is 1. The van der Waals surface area contributed by atoms with Crippen LogP contribution < -0.4 is 0 Å². The first-order chi connectivity index (χ1) is 7.72. The van der Waals surface area contributed by atoms with Gasteiger partial charge in [0.05, 0.1) is 6.61 Å². The Morgan fingerprint density at radius 3 is 2.94 bits per heavy atom. The first kappa shape index (κ1) is 13.1. The molecular formula is C13H18O2S. The van der Waals surface area contributed by atoms with E-state index < -0.39 is 0 Å². The van der Waals surface area contributed by atoms with E-state index in [1.165, 1.54) is 0 Å². The molecule has 0 aliphatic rings. The lowest BCUT2D eigenvalue weighted by Gasteiger charge is -2.04. The van der Waals surface area contributed by atoms with E-state index in [-0.39, 0.29) is 5.97 Å². The van der Waals surface area contributed by atoms with E-state index in [0.717, 1.165) is 29.7 Å². The van der Waals surface area contributed by atoms with E-state index in [0.29, 0.717) is 13.0 Å². The summed E-state index contributed by atoms with van der Waals surface area (Å²) in [6.45, 7) is 2.62. The van der Waals surface area contributed by atoms with Crippen molar-refractivity contribution in [1.82, 2.24) is 0 Å². The van der Waals surface area contributed by atoms with E-state index in [1.807, 2.05) is 24.3 Å². The summed E-state index contributed by atoms with van der Waals surface area (Å²) in [4.78, 5) is 12.3. The second-order valence-corrected chi connectivity index (χ2v) is 4.26. The van der Waals surface area contributed by atoms with E-state index in [1.54, 1.807) is 0 Å². The number of unbranched alkanes of at least 4 members (excludes halogenated alkanes) is 1. The highest BCUT2D eigenvalue weighted by Crippen LogP contribution is 2.10. The molecule has 0 aliphatic carbocycles. The van der Waals surface area contributed by atoms with Gasteiger partial charge < -0.3 is 4.74 Å². The minimum Gasteiger partial charge on any atom is -0.466 e. The normalized spacial score (nSPS) is 10.1. The molecule has 0 bridgehead atoms. The van der Waals surface area contributed by atoms with Crippen molar-refractivity contribution in [3.8, 4) is 0 Å². The molecule has 1 aromatic rings. The number of carbonyl (C=O) groups is 1. The minimum absolute atomic E-state index is 0.113. The number of aryl methyl sites for hydroxylation is 1. The summed E-state index contributed by atoms with van der Waals surface area (Å²) in [7, 11) is 0. The molecule has 88 valence electrons. The standard InChI is InChI=1S/C13H18O2S/c1-2-3-9-15-13(14)8-7-11-5-4-6-12(16)10-11/h4-6,10,16H,2-3,7-9H2,1H3. The van der Waals surface area contributed by atoms with Gasteiger partial charge >= 0.3 is 5.97 Å². The average Bonchev–Trinajstić information content (AvgIpc) is 2.27. The lowest BCUT2D eigenvalue weighted by molar-refractivity contribution is -0.143. The van der Waals surface area contributed by atoms with Gasteiger partial charge in [0.2, 0.25) is 0 Å². The maximum absolute atomic E-state index is 11.3. The van der Waals surface area contributed by atoms with E-state index >= 15 is 0 Å². The highest BCUT2D eigenvalue weighted by Gasteiger charge is 2.03. The van der Waals surface area contributed by atoms with E-state index in [2.05, 4.69) is 19.6 Å². The van der Waals surface area contributed by atoms with Crippen LogP contribution in [0.1, 0.15) is 31.7 Å². The molecule has 0 saturated heterocycles. The highest BCUT2D eigenvalue weighted by molar-refractivity contribution is 7.80. The van der Waals surface area contributed by atoms with Crippen molar-refractivity contribution in [3.05, 3.63) is 29.8 Å². The highest BCUT2D eigenvalue weighted by atomic mass is 32.1. The van der Waals surface area contributed by atoms with Gasteiger partial charge in [-0.25, -0.2) is 0 Å². The molecule has 0 N–H and O–H groups in total. The van der Waals surface area contributed by atoms with Gasteiger partial charge in [-0.3, -0.25) is 4.79 Å². The number of hydrogen-bond acceptors (Lipinski definition) is 3. The molecule has 0 radical (unpaired) electrons. The second-order valence-electron chi connectivity index (χ2n) is 3.74. The van der Waals surface area contributed by atoms with Crippen LogP contribution in [-0.4, -0.2) is 12.6 Å². The van der Waals surface area contributed by atoms with Crippen LogP contribution >= 0.6 is 12.6 Å². The van der Waals surface area contributed by atoms with E-state index in [9.17, 15) is 4.79 Å². The van der Waals surface area contributed by atoms with Gasteiger partial charge in [0.1, 0.15) is 0 Å². The Kier molecular flexibility index (Phi) is 6.01. The van der Waals surface area contributed by atoms with Gasteiger partial charge in [0, 0.05) is 11.3 Å². The van der Waals surface area contributed by atoms with Crippen LogP contribution in [0.25, 0.3) is 0 Å². The van der Waals surface area contributed by atoms with Crippen molar-refractivity contribution in [2.24, 2.45) is 0 Å². The Morgan fingerprint density at radius 1 is 1.44 bits per heavy atom. The summed E-state index contributed by atoms with van der Waals surface area (Å²) >= 11 is 4.25. The monoisotopic (exact) mass is 238 g/mol. The van der Waals surface area contributed by atoms with Crippen LogP contribution in [0.4, 0.5) is 0 Å². The SMILES string of the molecule is CCCCOC(=O)CCc1cccc(S)c1. The summed E-state index contributed by atoms with van der Waals surface area (Å²) in [6.07, 6.45) is 3.16. The van der Waals surface area contributed by atoms with Crippen molar-refractivity contribution in [2.75, 3.05) is 6.61 Å². The van der Waals surface area contributed by atoms with Gasteiger partial charge in [-0.15, -0.1) is 12.6 Å². The fraction of sp³-hybridized carbons (Fsp3) is 0.462. The maximum Gasteiger partial charge on any atom is 0.306 e. The zero-order chi connectivity index (χ0) is 11.8. The molecule has 0 saturated carbocycles. The largest absolute Gasteiger partial charge is 0.466 e. The first-order valence-electron chi connectivity index (χ1n) is 5.66. The van der Waals surface area contributed by atoms with Crippen molar-refractivity contribution in [2.45, 2.75) is 37.5 Å². The summed E-state index contributed by atoms with van der Waals surface area (Å²) in [5.74, 6) is -0.113. The third-order valence-electron chi connectivity index (χ3n) is 2.29. The van der Waals surface area contributed by atoms with Gasteiger partial charge in [-0.05, 0) is 30.5 Å². The van der Waals surface area contributed by atoms with Crippen molar-refractivity contribution in [1.29, 1.82) is 0 Å². The number of benzene rings is 1. The molecule has 0 aromatic heterocycles. The molecule has 3 heteroatoms. The Balaban J connectivity index is 2.26. The zero-order valence-corrected chi connectivity index (χ0v) is 10.5. The molecule has 0 unspecified atom stereocenters. The smallest absolute Gasteiger partial charge is 0.306 e. The molecule has 16 heavy (non-hydrogen) atoms. The molecule has 1 aromatic carbocycles. The molecule has 0 spiro atoms. The Hall–Kier alpha value is -0.960. The summed E-state index contributed by atoms with van der Waals surface area (Å²) < 4.78 is 5.08. The number of rotatable bonds is 6. The number of ether oxygens (including phenoxy) is 1. The van der Waals surface area contributed by atoms with Gasteiger partial charge in [-0.2, -0.15) is 0 Å².